The summed E-state index contributed by atoms with van der Waals surface area (Å²) < 4.78 is 5.58. The molecule has 1 saturated heterocycles. The largest absolute Gasteiger partial charge is 0.480 e. The summed E-state index contributed by atoms with van der Waals surface area (Å²) in [6.07, 6.45) is 1.01. The van der Waals surface area contributed by atoms with Crippen LogP contribution in [0.2, 0.25) is 0 Å². The second kappa shape index (κ2) is 6.55. The number of nitrogens with one attached hydrogen (secondary N) is 3. The molecule has 0 radical (unpaired) electrons. The van der Waals surface area contributed by atoms with Gasteiger partial charge in [0.1, 0.15) is 5.75 Å². The van der Waals surface area contributed by atoms with Gasteiger partial charge in [-0.2, -0.15) is 5.53 Å². The fourth-order valence-electron chi connectivity index (χ4n) is 1.81. The van der Waals surface area contributed by atoms with Crippen molar-refractivity contribution in [3.63, 3.8) is 0 Å². The van der Waals surface area contributed by atoms with Crippen molar-refractivity contribution in [1.82, 2.24) is 21.4 Å². The second-order valence-corrected chi connectivity index (χ2v) is 5.27. The summed E-state index contributed by atoms with van der Waals surface area (Å²) in [5.74, 6) is 5.51. The van der Waals surface area contributed by atoms with Gasteiger partial charge in [-0.3, -0.25) is 4.79 Å². The summed E-state index contributed by atoms with van der Waals surface area (Å²) in [5, 5.41) is 11.7. The molecule has 2 heterocycles. The Kier molecular flexibility index (Phi) is 4.32. The monoisotopic (exact) mass is 316 g/mol. The van der Waals surface area contributed by atoms with Crippen molar-refractivity contribution in [3.05, 3.63) is 46.4 Å². The Morgan fingerprint density at radius 1 is 1.27 bits per heavy atom. The lowest BCUT2D eigenvalue weighted by atomic mass is 10.2. The van der Waals surface area contributed by atoms with E-state index in [2.05, 4.69) is 33.2 Å². The molecule has 1 aliphatic heterocycles. The van der Waals surface area contributed by atoms with Gasteiger partial charge in [0.2, 0.25) is 0 Å². The van der Waals surface area contributed by atoms with E-state index in [1.54, 1.807) is 18.3 Å². The van der Waals surface area contributed by atoms with E-state index < -0.39 is 18.2 Å². The Bertz CT molecular complexity index is 706. The first kappa shape index (κ1) is 14.5. The van der Waals surface area contributed by atoms with Crippen molar-refractivity contribution in [2.75, 3.05) is 0 Å². The lowest BCUT2D eigenvalue weighted by Gasteiger charge is -2.16. The molecule has 7 nitrogen and oxygen atoms in total. The molecular formula is C14H12N4O3S. The molecular weight excluding hydrogens is 304 g/mol. The minimum Gasteiger partial charge on any atom is -0.480 e. The summed E-state index contributed by atoms with van der Waals surface area (Å²) in [6.45, 7) is 0. The molecule has 1 aromatic heterocycles. The normalized spacial score (nSPS) is 20.2. The Hall–Kier alpha value is -2.44. The van der Waals surface area contributed by atoms with Gasteiger partial charge in [0.25, 0.3) is 0 Å². The third-order valence-electron chi connectivity index (χ3n) is 2.87. The van der Waals surface area contributed by atoms with Crippen LogP contribution in [0.3, 0.4) is 0 Å². The van der Waals surface area contributed by atoms with E-state index in [9.17, 15) is 4.79 Å². The Morgan fingerprint density at radius 2 is 2.09 bits per heavy atom. The molecule has 1 aliphatic rings. The molecule has 0 bridgehead atoms. The maximum atomic E-state index is 11.0. The molecule has 4 N–H and O–H groups in total. The molecule has 3 rings (SSSR count). The lowest BCUT2D eigenvalue weighted by Crippen LogP contribution is -2.44. The van der Waals surface area contributed by atoms with Crippen molar-refractivity contribution in [2.24, 2.45) is 0 Å². The quantitative estimate of drug-likeness (QED) is 0.605. The average Bonchev–Trinajstić information content (AvgIpc) is 3.17. The van der Waals surface area contributed by atoms with Crippen molar-refractivity contribution in [3.8, 4) is 17.6 Å². The van der Waals surface area contributed by atoms with Crippen LogP contribution < -0.4 is 21.1 Å². The topological polar surface area (TPSA) is 95.5 Å². The minimum absolute atomic E-state index is 0.550. The third kappa shape index (κ3) is 3.41. The molecule has 8 heteroatoms. The average molecular weight is 316 g/mol. The molecule has 0 amide bonds. The lowest BCUT2D eigenvalue weighted by molar-refractivity contribution is -0.141. The SMILES string of the molecule is O=C(O)C1NNNC1Oc1ccc(C#Cc2nccs2)cc1. The number of ether oxygens (including phenoxy) is 1. The van der Waals surface area contributed by atoms with E-state index in [0.717, 1.165) is 10.6 Å². The number of nitrogens with zero attached hydrogens (tertiary/aromatic N) is 1. The van der Waals surface area contributed by atoms with Crippen molar-refractivity contribution >= 4 is 17.3 Å². The highest BCUT2D eigenvalue weighted by Gasteiger charge is 2.34. The van der Waals surface area contributed by atoms with Gasteiger partial charge in [0, 0.05) is 17.1 Å². The molecule has 1 aromatic carbocycles. The number of aliphatic carboxylic acids is 1. The van der Waals surface area contributed by atoms with E-state index in [4.69, 9.17) is 9.84 Å². The van der Waals surface area contributed by atoms with E-state index in [1.165, 1.54) is 11.3 Å². The molecule has 2 aromatic rings. The van der Waals surface area contributed by atoms with E-state index in [-0.39, 0.29) is 0 Å². The molecule has 22 heavy (non-hydrogen) atoms. The maximum Gasteiger partial charge on any atom is 0.327 e. The Morgan fingerprint density at radius 3 is 2.77 bits per heavy atom. The van der Waals surface area contributed by atoms with Gasteiger partial charge in [-0.25, -0.2) is 15.8 Å². The summed E-state index contributed by atoms with van der Waals surface area (Å²) in [4.78, 5) is 15.1. The highest BCUT2D eigenvalue weighted by molar-refractivity contribution is 7.10. The zero-order valence-electron chi connectivity index (χ0n) is 11.2. The fourth-order valence-corrected chi connectivity index (χ4v) is 2.29. The number of rotatable bonds is 3. The molecule has 112 valence electrons. The number of thiazole rings is 1. The first-order valence-corrected chi connectivity index (χ1v) is 7.27. The number of carboxylic acid groups (broad SMARTS) is 1. The number of hydrogen-bond acceptors (Lipinski definition) is 7. The van der Waals surface area contributed by atoms with Crippen LogP contribution in [-0.2, 0) is 4.79 Å². The third-order valence-corrected chi connectivity index (χ3v) is 3.56. The van der Waals surface area contributed by atoms with Gasteiger partial charge in [-0.15, -0.1) is 11.3 Å². The number of hydrazine groups is 2. The standard InChI is InChI=1S/C14H12N4O3S/c19-14(20)12-13(17-18-16-12)21-10-4-1-9(2-5-10)3-6-11-15-7-8-22-11/h1-2,4-5,7-8,12-13,16-18H,(H,19,20). The number of carboxylic acids is 1. The van der Waals surface area contributed by atoms with Gasteiger partial charge in [0.05, 0.1) is 0 Å². The van der Waals surface area contributed by atoms with Crippen molar-refractivity contribution in [2.45, 2.75) is 12.3 Å². The van der Waals surface area contributed by atoms with Crippen LogP contribution in [0.5, 0.6) is 5.75 Å². The molecule has 0 aliphatic carbocycles. The van der Waals surface area contributed by atoms with Gasteiger partial charge in [0.15, 0.2) is 17.3 Å². The van der Waals surface area contributed by atoms with Gasteiger partial charge in [-0.05, 0) is 30.2 Å². The first-order valence-electron chi connectivity index (χ1n) is 6.39. The van der Waals surface area contributed by atoms with Gasteiger partial charge >= 0.3 is 5.97 Å². The zero-order valence-corrected chi connectivity index (χ0v) is 12.1. The second-order valence-electron chi connectivity index (χ2n) is 4.38. The van der Waals surface area contributed by atoms with Crippen LogP contribution >= 0.6 is 11.3 Å². The summed E-state index contributed by atoms with van der Waals surface area (Å²) >= 11 is 1.48. The Balaban J connectivity index is 1.65. The highest BCUT2D eigenvalue weighted by Crippen LogP contribution is 2.15. The molecule has 0 spiro atoms. The number of aromatic nitrogens is 1. The fraction of sp³-hybridized carbons (Fsp3) is 0.143. The van der Waals surface area contributed by atoms with Crippen LogP contribution in [0.4, 0.5) is 0 Å². The van der Waals surface area contributed by atoms with Crippen LogP contribution in [0.1, 0.15) is 10.6 Å². The van der Waals surface area contributed by atoms with E-state index >= 15 is 0 Å². The maximum absolute atomic E-state index is 11.0. The van der Waals surface area contributed by atoms with E-state index in [0.29, 0.717) is 5.75 Å². The summed E-state index contributed by atoms with van der Waals surface area (Å²) in [6, 6.07) is 6.22. The van der Waals surface area contributed by atoms with Crippen LogP contribution in [0.15, 0.2) is 35.8 Å². The molecule has 2 atom stereocenters. The van der Waals surface area contributed by atoms with Crippen LogP contribution in [-0.4, -0.2) is 28.3 Å². The zero-order chi connectivity index (χ0) is 15.4. The Labute approximate surface area is 130 Å². The molecule has 2 unspecified atom stereocenters. The van der Waals surface area contributed by atoms with Crippen LogP contribution in [0, 0.1) is 11.8 Å². The molecule has 0 saturated carbocycles. The smallest absolute Gasteiger partial charge is 0.327 e. The predicted molar refractivity (Wildman–Crippen MR) is 79.8 cm³/mol. The number of benzene rings is 1. The molecule has 1 fully saturated rings. The van der Waals surface area contributed by atoms with Crippen molar-refractivity contribution < 1.29 is 14.6 Å². The highest BCUT2D eigenvalue weighted by atomic mass is 32.1. The summed E-state index contributed by atoms with van der Waals surface area (Å²) in [5.41, 5.74) is 8.62. The van der Waals surface area contributed by atoms with Crippen molar-refractivity contribution in [1.29, 1.82) is 0 Å². The number of carbonyl (C=O) groups is 1. The van der Waals surface area contributed by atoms with Gasteiger partial charge in [-0.1, -0.05) is 5.92 Å². The predicted octanol–water partition coefficient (Wildman–Crippen LogP) is 0.313. The van der Waals surface area contributed by atoms with Gasteiger partial charge < -0.3 is 9.84 Å². The van der Waals surface area contributed by atoms with E-state index in [1.807, 2.05) is 17.5 Å². The first-order chi connectivity index (χ1) is 10.7. The summed E-state index contributed by atoms with van der Waals surface area (Å²) in [7, 11) is 0. The number of hydrogen-bond donors (Lipinski definition) is 4. The minimum atomic E-state index is -1.01. The van der Waals surface area contributed by atoms with Crippen LogP contribution in [0.25, 0.3) is 0 Å².